The van der Waals surface area contributed by atoms with E-state index >= 15 is 0 Å². The second-order valence-electron chi connectivity index (χ2n) is 6.53. The molecule has 0 aliphatic heterocycles. The van der Waals surface area contributed by atoms with Crippen LogP contribution >= 0.6 is 0 Å². The zero-order chi connectivity index (χ0) is 17.1. The maximum absolute atomic E-state index is 11.4. The molecule has 0 amide bonds. The number of benzene rings is 1. The molecule has 0 radical (unpaired) electrons. The SMILES string of the molecule is C=C(C)C(=O)OCCC1CCC(O)C(n2nc3ccccc3n2)C1. The van der Waals surface area contributed by atoms with Crippen molar-refractivity contribution in [2.24, 2.45) is 5.92 Å². The number of hydrogen-bond donors (Lipinski definition) is 1. The third-order valence-corrected chi connectivity index (χ3v) is 4.60. The molecule has 1 aromatic heterocycles. The molecule has 0 spiro atoms. The number of rotatable bonds is 5. The number of carbonyl (C=O) groups is 1. The van der Waals surface area contributed by atoms with E-state index in [0.29, 0.717) is 24.5 Å². The van der Waals surface area contributed by atoms with E-state index in [1.165, 1.54) is 0 Å². The number of carbonyl (C=O) groups excluding carboxylic acids is 1. The van der Waals surface area contributed by atoms with Crippen molar-refractivity contribution in [3.63, 3.8) is 0 Å². The van der Waals surface area contributed by atoms with Crippen LogP contribution in [0.2, 0.25) is 0 Å². The largest absolute Gasteiger partial charge is 0.462 e. The van der Waals surface area contributed by atoms with Crippen molar-refractivity contribution in [3.05, 3.63) is 36.4 Å². The van der Waals surface area contributed by atoms with E-state index in [1.54, 1.807) is 11.7 Å². The highest BCUT2D eigenvalue weighted by molar-refractivity contribution is 5.86. The van der Waals surface area contributed by atoms with Crippen LogP contribution in [0.5, 0.6) is 0 Å². The molecule has 3 atom stereocenters. The van der Waals surface area contributed by atoms with Gasteiger partial charge in [-0.3, -0.25) is 0 Å². The van der Waals surface area contributed by atoms with Crippen LogP contribution in [0, 0.1) is 5.92 Å². The lowest BCUT2D eigenvalue weighted by Crippen LogP contribution is -2.33. The van der Waals surface area contributed by atoms with Gasteiger partial charge in [-0.2, -0.15) is 15.0 Å². The first-order valence-electron chi connectivity index (χ1n) is 8.37. The summed E-state index contributed by atoms with van der Waals surface area (Å²) in [5.41, 5.74) is 2.09. The second kappa shape index (κ2) is 7.13. The Kier molecular flexibility index (Phi) is 4.94. The van der Waals surface area contributed by atoms with Crippen molar-refractivity contribution >= 4 is 17.0 Å². The number of aliphatic hydroxyl groups is 1. The van der Waals surface area contributed by atoms with Crippen LogP contribution in [0.1, 0.15) is 38.6 Å². The van der Waals surface area contributed by atoms with Crippen LogP contribution in [0.15, 0.2) is 36.4 Å². The van der Waals surface area contributed by atoms with E-state index in [9.17, 15) is 9.90 Å². The van der Waals surface area contributed by atoms with Gasteiger partial charge in [0.2, 0.25) is 0 Å². The molecule has 2 aromatic rings. The molecule has 128 valence electrons. The van der Waals surface area contributed by atoms with E-state index in [1.807, 2.05) is 24.3 Å². The predicted octanol–water partition coefficient (Wildman–Crippen LogP) is 2.64. The highest BCUT2D eigenvalue weighted by Gasteiger charge is 2.32. The monoisotopic (exact) mass is 329 g/mol. The minimum Gasteiger partial charge on any atom is -0.462 e. The molecule has 1 saturated carbocycles. The first-order chi connectivity index (χ1) is 11.5. The summed E-state index contributed by atoms with van der Waals surface area (Å²) in [5.74, 6) is 0.0350. The molecule has 1 aliphatic rings. The number of aliphatic hydroxyl groups excluding tert-OH is 1. The van der Waals surface area contributed by atoms with Crippen LogP contribution < -0.4 is 0 Å². The van der Waals surface area contributed by atoms with Gasteiger partial charge < -0.3 is 9.84 Å². The number of fused-ring (bicyclic) bond motifs is 1. The number of hydrogen-bond acceptors (Lipinski definition) is 5. The molecule has 0 bridgehead atoms. The summed E-state index contributed by atoms with van der Waals surface area (Å²) in [5, 5.41) is 19.4. The van der Waals surface area contributed by atoms with Gasteiger partial charge in [-0.15, -0.1) is 0 Å². The van der Waals surface area contributed by atoms with Crippen molar-refractivity contribution < 1.29 is 14.6 Å². The van der Waals surface area contributed by atoms with Crippen LogP contribution in [0.4, 0.5) is 0 Å². The van der Waals surface area contributed by atoms with Gasteiger partial charge in [0.05, 0.1) is 18.8 Å². The highest BCUT2D eigenvalue weighted by atomic mass is 16.5. The first kappa shape index (κ1) is 16.6. The molecule has 1 aliphatic carbocycles. The average Bonchev–Trinajstić information content (AvgIpc) is 3.00. The Morgan fingerprint density at radius 3 is 2.62 bits per heavy atom. The normalized spacial score (nSPS) is 24.0. The van der Waals surface area contributed by atoms with Gasteiger partial charge in [0.25, 0.3) is 0 Å². The summed E-state index contributed by atoms with van der Waals surface area (Å²) in [7, 11) is 0. The topological polar surface area (TPSA) is 77.2 Å². The molecular formula is C18H23N3O3. The fourth-order valence-corrected chi connectivity index (χ4v) is 3.19. The Balaban J connectivity index is 1.63. The molecule has 1 N–H and O–H groups in total. The number of ether oxygens (including phenoxy) is 1. The number of aromatic nitrogens is 3. The van der Waals surface area contributed by atoms with Gasteiger partial charge >= 0.3 is 5.97 Å². The van der Waals surface area contributed by atoms with Crippen LogP contribution in [0.25, 0.3) is 11.0 Å². The van der Waals surface area contributed by atoms with Gasteiger partial charge in [-0.05, 0) is 50.7 Å². The number of esters is 1. The Morgan fingerprint density at radius 1 is 1.33 bits per heavy atom. The third kappa shape index (κ3) is 3.64. The molecule has 3 rings (SSSR count). The van der Waals surface area contributed by atoms with Crippen molar-refractivity contribution in [3.8, 4) is 0 Å². The molecule has 3 unspecified atom stereocenters. The smallest absolute Gasteiger partial charge is 0.333 e. The Labute approximate surface area is 141 Å². The van der Waals surface area contributed by atoms with E-state index in [4.69, 9.17) is 4.74 Å². The summed E-state index contributed by atoms with van der Waals surface area (Å²) >= 11 is 0. The average molecular weight is 329 g/mol. The van der Waals surface area contributed by atoms with E-state index < -0.39 is 6.10 Å². The molecule has 1 aromatic carbocycles. The van der Waals surface area contributed by atoms with Crippen molar-refractivity contribution in [1.82, 2.24) is 15.0 Å². The Hall–Kier alpha value is -2.21. The second-order valence-corrected chi connectivity index (χ2v) is 6.53. The van der Waals surface area contributed by atoms with Crippen molar-refractivity contribution in [2.75, 3.05) is 6.61 Å². The minimum absolute atomic E-state index is 0.131. The number of nitrogens with zero attached hydrogens (tertiary/aromatic N) is 3. The molecule has 6 heteroatoms. The molecule has 24 heavy (non-hydrogen) atoms. The Morgan fingerprint density at radius 2 is 2.00 bits per heavy atom. The van der Waals surface area contributed by atoms with Crippen LogP contribution in [0.3, 0.4) is 0 Å². The standard InChI is InChI=1S/C18H23N3O3/c1-12(2)18(23)24-10-9-13-7-8-17(22)16(11-13)21-19-14-5-3-4-6-15(14)20-21/h3-6,13,16-17,22H,1,7-11H2,2H3. The van der Waals surface area contributed by atoms with Crippen LogP contribution in [-0.2, 0) is 9.53 Å². The third-order valence-electron chi connectivity index (χ3n) is 4.60. The molecule has 1 fully saturated rings. The van der Waals surface area contributed by atoms with E-state index in [-0.39, 0.29) is 12.0 Å². The lowest BCUT2D eigenvalue weighted by molar-refractivity contribution is -0.139. The van der Waals surface area contributed by atoms with Gasteiger partial charge in [-0.25, -0.2) is 4.79 Å². The van der Waals surface area contributed by atoms with Gasteiger partial charge in [-0.1, -0.05) is 18.7 Å². The van der Waals surface area contributed by atoms with E-state index in [2.05, 4.69) is 16.8 Å². The molecule has 1 heterocycles. The summed E-state index contributed by atoms with van der Waals surface area (Å²) in [6.45, 7) is 5.60. The van der Waals surface area contributed by atoms with Gasteiger partial charge in [0, 0.05) is 5.57 Å². The maximum Gasteiger partial charge on any atom is 0.333 e. The molecule has 6 nitrogen and oxygen atoms in total. The summed E-state index contributed by atoms with van der Waals surface area (Å²) in [4.78, 5) is 13.1. The van der Waals surface area contributed by atoms with Crippen LogP contribution in [-0.4, -0.2) is 38.8 Å². The fourth-order valence-electron chi connectivity index (χ4n) is 3.19. The summed E-state index contributed by atoms with van der Waals surface area (Å²) < 4.78 is 5.18. The van der Waals surface area contributed by atoms with Gasteiger partial charge in [0.1, 0.15) is 11.0 Å². The predicted molar refractivity (Wildman–Crippen MR) is 90.3 cm³/mol. The minimum atomic E-state index is -0.443. The Bertz CT molecular complexity index is 707. The zero-order valence-corrected chi connectivity index (χ0v) is 13.9. The lowest BCUT2D eigenvalue weighted by Gasteiger charge is -2.32. The lowest BCUT2D eigenvalue weighted by atomic mass is 9.82. The summed E-state index contributed by atoms with van der Waals surface area (Å²) in [6.07, 6.45) is 2.75. The van der Waals surface area contributed by atoms with Crippen molar-refractivity contribution in [1.29, 1.82) is 0 Å². The quantitative estimate of drug-likeness (QED) is 0.674. The van der Waals surface area contributed by atoms with E-state index in [0.717, 1.165) is 30.3 Å². The molecular weight excluding hydrogens is 306 g/mol. The first-order valence-corrected chi connectivity index (χ1v) is 8.37. The fraction of sp³-hybridized carbons (Fsp3) is 0.500. The summed E-state index contributed by atoms with van der Waals surface area (Å²) in [6, 6.07) is 7.56. The zero-order valence-electron chi connectivity index (χ0n) is 13.9. The molecule has 0 saturated heterocycles. The highest BCUT2D eigenvalue weighted by Crippen LogP contribution is 2.34. The van der Waals surface area contributed by atoms with Crippen molar-refractivity contribution in [2.45, 2.75) is 44.8 Å². The van der Waals surface area contributed by atoms with Gasteiger partial charge in [0.15, 0.2) is 0 Å². The maximum atomic E-state index is 11.4.